The number of ether oxygens (including phenoxy) is 2. The number of aromatic nitrogens is 1. The van der Waals surface area contributed by atoms with Gasteiger partial charge in [0.1, 0.15) is 11.9 Å². The van der Waals surface area contributed by atoms with E-state index in [1.165, 1.54) is 12.3 Å². The standard InChI is InChI=1S/C10H11NO4/c12-8-2-1-4-11-9(8)10(13)15-7-3-5-14-6-7/h1-2,4,7,12H,3,5-6H2. The molecule has 1 aromatic rings. The van der Waals surface area contributed by atoms with E-state index in [-0.39, 0.29) is 17.5 Å². The third kappa shape index (κ3) is 2.24. The zero-order valence-corrected chi connectivity index (χ0v) is 8.05. The number of carbonyl (C=O) groups is 1. The van der Waals surface area contributed by atoms with Crippen molar-refractivity contribution in [2.45, 2.75) is 12.5 Å². The molecule has 5 nitrogen and oxygen atoms in total. The average Bonchev–Trinajstić information content (AvgIpc) is 2.71. The van der Waals surface area contributed by atoms with Gasteiger partial charge in [-0.05, 0) is 12.1 Å². The predicted molar refractivity (Wildman–Crippen MR) is 50.5 cm³/mol. The lowest BCUT2D eigenvalue weighted by atomic mass is 10.3. The van der Waals surface area contributed by atoms with E-state index >= 15 is 0 Å². The summed E-state index contributed by atoms with van der Waals surface area (Å²) in [4.78, 5) is 15.3. The lowest BCUT2D eigenvalue weighted by Crippen LogP contribution is -2.18. The van der Waals surface area contributed by atoms with Crippen LogP contribution in [0.25, 0.3) is 0 Å². The predicted octanol–water partition coefficient (Wildman–Crippen LogP) is 0.733. The number of carbonyl (C=O) groups excluding carboxylic acids is 1. The summed E-state index contributed by atoms with van der Waals surface area (Å²) in [5.74, 6) is -0.773. The Morgan fingerprint density at radius 1 is 1.67 bits per heavy atom. The maximum Gasteiger partial charge on any atom is 0.361 e. The number of hydrogen-bond acceptors (Lipinski definition) is 5. The van der Waals surface area contributed by atoms with Gasteiger partial charge in [0.2, 0.25) is 0 Å². The molecule has 0 amide bonds. The molecule has 1 aliphatic rings. The fraction of sp³-hybridized carbons (Fsp3) is 0.400. The van der Waals surface area contributed by atoms with Gasteiger partial charge in [-0.25, -0.2) is 9.78 Å². The molecule has 2 heterocycles. The monoisotopic (exact) mass is 209 g/mol. The smallest absolute Gasteiger partial charge is 0.361 e. The van der Waals surface area contributed by atoms with Gasteiger partial charge in [0.05, 0.1) is 13.2 Å². The molecule has 80 valence electrons. The summed E-state index contributed by atoms with van der Waals surface area (Å²) in [6.07, 6.45) is 1.90. The summed E-state index contributed by atoms with van der Waals surface area (Å²) in [7, 11) is 0. The van der Waals surface area contributed by atoms with Crippen LogP contribution >= 0.6 is 0 Å². The van der Waals surface area contributed by atoms with Gasteiger partial charge in [0.15, 0.2) is 5.69 Å². The van der Waals surface area contributed by atoms with Gasteiger partial charge >= 0.3 is 5.97 Å². The zero-order valence-electron chi connectivity index (χ0n) is 8.05. The lowest BCUT2D eigenvalue weighted by molar-refractivity contribution is 0.0261. The van der Waals surface area contributed by atoms with Crippen LogP contribution < -0.4 is 0 Å². The zero-order chi connectivity index (χ0) is 10.7. The van der Waals surface area contributed by atoms with E-state index in [2.05, 4.69) is 4.98 Å². The fourth-order valence-corrected chi connectivity index (χ4v) is 1.37. The Kier molecular flexibility index (Phi) is 2.82. The minimum absolute atomic E-state index is 0.0515. The number of aromatic hydroxyl groups is 1. The lowest BCUT2D eigenvalue weighted by Gasteiger charge is -2.09. The topological polar surface area (TPSA) is 68.7 Å². The number of pyridine rings is 1. The van der Waals surface area contributed by atoms with Gasteiger partial charge in [0, 0.05) is 12.6 Å². The maximum atomic E-state index is 11.5. The SMILES string of the molecule is O=C(OC1CCOC1)c1ncccc1O. The molecule has 0 aromatic carbocycles. The summed E-state index contributed by atoms with van der Waals surface area (Å²) in [5.41, 5.74) is -0.0515. The van der Waals surface area contributed by atoms with Crippen molar-refractivity contribution in [3.8, 4) is 5.75 Å². The summed E-state index contributed by atoms with van der Waals surface area (Å²) >= 11 is 0. The van der Waals surface area contributed by atoms with Gasteiger partial charge in [0.25, 0.3) is 0 Å². The largest absolute Gasteiger partial charge is 0.505 e. The summed E-state index contributed by atoms with van der Waals surface area (Å²) < 4.78 is 10.2. The second kappa shape index (κ2) is 4.27. The van der Waals surface area contributed by atoms with Crippen LogP contribution in [0.1, 0.15) is 16.9 Å². The second-order valence-corrected chi connectivity index (χ2v) is 3.26. The van der Waals surface area contributed by atoms with E-state index in [9.17, 15) is 9.90 Å². The van der Waals surface area contributed by atoms with Crippen molar-refractivity contribution in [1.29, 1.82) is 0 Å². The molecule has 1 aromatic heterocycles. The highest BCUT2D eigenvalue weighted by Crippen LogP contribution is 2.16. The second-order valence-electron chi connectivity index (χ2n) is 3.26. The first-order valence-corrected chi connectivity index (χ1v) is 4.70. The molecule has 5 heteroatoms. The van der Waals surface area contributed by atoms with E-state index in [0.29, 0.717) is 19.6 Å². The van der Waals surface area contributed by atoms with Crippen molar-refractivity contribution in [1.82, 2.24) is 4.98 Å². The summed E-state index contributed by atoms with van der Waals surface area (Å²) in [6.45, 7) is 1.02. The summed E-state index contributed by atoms with van der Waals surface area (Å²) in [6, 6.07) is 2.94. The number of nitrogens with zero attached hydrogens (tertiary/aromatic N) is 1. The van der Waals surface area contributed by atoms with E-state index < -0.39 is 5.97 Å². The highest BCUT2D eigenvalue weighted by molar-refractivity contribution is 5.90. The minimum atomic E-state index is -0.608. The van der Waals surface area contributed by atoms with Crippen LogP contribution in [0.5, 0.6) is 5.75 Å². The number of esters is 1. The molecule has 0 radical (unpaired) electrons. The van der Waals surface area contributed by atoms with Gasteiger partial charge in [-0.3, -0.25) is 0 Å². The molecule has 0 saturated carbocycles. The Morgan fingerprint density at radius 2 is 2.53 bits per heavy atom. The fourth-order valence-electron chi connectivity index (χ4n) is 1.37. The molecule has 1 aliphatic heterocycles. The highest BCUT2D eigenvalue weighted by Gasteiger charge is 2.22. The van der Waals surface area contributed by atoms with Crippen LogP contribution in [-0.4, -0.2) is 35.4 Å². The molecule has 1 unspecified atom stereocenters. The quantitative estimate of drug-likeness (QED) is 0.727. The first-order chi connectivity index (χ1) is 7.27. The van der Waals surface area contributed by atoms with Crippen LogP contribution in [0.15, 0.2) is 18.3 Å². The van der Waals surface area contributed by atoms with Crippen molar-refractivity contribution < 1.29 is 19.4 Å². The van der Waals surface area contributed by atoms with Crippen molar-refractivity contribution >= 4 is 5.97 Å². The molecular formula is C10H11NO4. The van der Waals surface area contributed by atoms with Gasteiger partial charge in [-0.15, -0.1) is 0 Å². The average molecular weight is 209 g/mol. The molecular weight excluding hydrogens is 198 g/mol. The number of hydrogen-bond donors (Lipinski definition) is 1. The summed E-state index contributed by atoms with van der Waals surface area (Å²) in [5, 5.41) is 9.36. The van der Waals surface area contributed by atoms with Gasteiger partial charge < -0.3 is 14.6 Å². The third-order valence-corrected chi connectivity index (χ3v) is 2.14. The Bertz CT molecular complexity index is 360. The van der Waals surface area contributed by atoms with Crippen LogP contribution in [-0.2, 0) is 9.47 Å². The van der Waals surface area contributed by atoms with Crippen LogP contribution in [0.4, 0.5) is 0 Å². The molecule has 0 bridgehead atoms. The first-order valence-electron chi connectivity index (χ1n) is 4.70. The highest BCUT2D eigenvalue weighted by atomic mass is 16.6. The van der Waals surface area contributed by atoms with Crippen LogP contribution in [0.3, 0.4) is 0 Å². The van der Waals surface area contributed by atoms with Crippen molar-refractivity contribution in [2.75, 3.05) is 13.2 Å². The molecule has 1 N–H and O–H groups in total. The molecule has 2 rings (SSSR count). The maximum absolute atomic E-state index is 11.5. The molecule has 0 aliphatic carbocycles. The first kappa shape index (κ1) is 9.92. The van der Waals surface area contributed by atoms with E-state index in [1.807, 2.05) is 0 Å². The normalized spacial score (nSPS) is 20.1. The van der Waals surface area contributed by atoms with Crippen molar-refractivity contribution in [3.05, 3.63) is 24.0 Å². The Morgan fingerprint density at radius 3 is 3.20 bits per heavy atom. The Hall–Kier alpha value is -1.62. The molecule has 1 saturated heterocycles. The molecule has 0 spiro atoms. The van der Waals surface area contributed by atoms with Crippen molar-refractivity contribution in [2.24, 2.45) is 0 Å². The molecule has 1 fully saturated rings. The van der Waals surface area contributed by atoms with Crippen LogP contribution in [0.2, 0.25) is 0 Å². The van der Waals surface area contributed by atoms with E-state index in [1.54, 1.807) is 6.07 Å². The minimum Gasteiger partial charge on any atom is -0.505 e. The van der Waals surface area contributed by atoms with Crippen molar-refractivity contribution in [3.63, 3.8) is 0 Å². The van der Waals surface area contributed by atoms with Crippen LogP contribution in [0, 0.1) is 0 Å². The third-order valence-electron chi connectivity index (χ3n) is 2.14. The molecule has 15 heavy (non-hydrogen) atoms. The van der Waals surface area contributed by atoms with E-state index in [0.717, 1.165) is 0 Å². The van der Waals surface area contributed by atoms with E-state index in [4.69, 9.17) is 9.47 Å². The Balaban J connectivity index is 2.04. The number of rotatable bonds is 2. The molecule has 1 atom stereocenters. The van der Waals surface area contributed by atoms with Gasteiger partial charge in [-0.1, -0.05) is 0 Å². The van der Waals surface area contributed by atoms with Gasteiger partial charge in [-0.2, -0.15) is 0 Å². The Labute approximate surface area is 86.7 Å².